The number of benzene rings is 2. The highest BCUT2D eigenvalue weighted by Crippen LogP contribution is 2.27. The number of halogens is 1. The lowest BCUT2D eigenvalue weighted by atomic mass is 10.1. The van der Waals surface area contributed by atoms with E-state index >= 15 is 0 Å². The maximum Gasteiger partial charge on any atom is 0.249 e. The van der Waals surface area contributed by atoms with E-state index in [4.69, 9.17) is 0 Å². The van der Waals surface area contributed by atoms with E-state index in [0.717, 1.165) is 27.5 Å². The molecule has 0 radical (unpaired) electrons. The van der Waals surface area contributed by atoms with E-state index in [1.165, 1.54) is 29.8 Å². The van der Waals surface area contributed by atoms with Crippen LogP contribution in [0.4, 0.5) is 16.2 Å². The zero-order valence-electron chi connectivity index (χ0n) is 14.5. The molecule has 3 heterocycles. The minimum Gasteiger partial charge on any atom is -0.307 e. The summed E-state index contributed by atoms with van der Waals surface area (Å²) in [5.74, 6) is 0.775. The second-order valence-electron chi connectivity index (χ2n) is 6.04. The van der Waals surface area contributed by atoms with Crippen LogP contribution in [0.3, 0.4) is 0 Å². The molecule has 1 N–H and O–H groups in total. The molecule has 5 rings (SSSR count). The maximum atomic E-state index is 13.2. The fourth-order valence-electron chi connectivity index (χ4n) is 2.86. The van der Waals surface area contributed by atoms with Crippen LogP contribution in [0.2, 0.25) is 0 Å². The van der Waals surface area contributed by atoms with Gasteiger partial charge in [0.2, 0.25) is 10.9 Å². The Balaban J connectivity index is 1.46. The first kappa shape index (κ1) is 16.5. The molecule has 0 aliphatic heterocycles. The summed E-state index contributed by atoms with van der Waals surface area (Å²) >= 11 is 1.47. The topological polar surface area (TPSA) is 68.0 Å². The van der Waals surface area contributed by atoms with Crippen molar-refractivity contribution in [3.63, 3.8) is 0 Å². The van der Waals surface area contributed by atoms with Gasteiger partial charge in [0.25, 0.3) is 0 Å². The van der Waals surface area contributed by atoms with Crippen LogP contribution in [0.5, 0.6) is 0 Å². The van der Waals surface area contributed by atoms with Gasteiger partial charge in [-0.3, -0.25) is 0 Å². The highest BCUT2D eigenvalue weighted by molar-refractivity contribution is 7.15. The summed E-state index contributed by atoms with van der Waals surface area (Å²) < 4.78 is 14.9. The molecule has 3 aromatic heterocycles. The van der Waals surface area contributed by atoms with E-state index < -0.39 is 0 Å². The van der Waals surface area contributed by atoms with Gasteiger partial charge in [-0.1, -0.05) is 30.3 Å². The Labute approximate surface area is 163 Å². The lowest BCUT2D eigenvalue weighted by Gasteiger charge is -2.04. The molecule has 0 fully saturated rings. The zero-order chi connectivity index (χ0) is 18.9. The van der Waals surface area contributed by atoms with Crippen molar-refractivity contribution in [2.45, 2.75) is 0 Å². The minimum absolute atomic E-state index is 0.269. The van der Waals surface area contributed by atoms with Gasteiger partial charge >= 0.3 is 0 Å². The number of hydrogen-bond acceptors (Lipinski definition) is 6. The predicted octanol–water partition coefficient (Wildman–Crippen LogP) is 4.80. The van der Waals surface area contributed by atoms with E-state index in [1.54, 1.807) is 16.6 Å². The monoisotopic (exact) mass is 388 g/mol. The Kier molecular flexibility index (Phi) is 4.02. The first-order valence-corrected chi connectivity index (χ1v) is 9.39. The number of nitrogens with one attached hydrogen (secondary N) is 1. The van der Waals surface area contributed by atoms with Gasteiger partial charge in [0, 0.05) is 22.6 Å². The molecule has 28 heavy (non-hydrogen) atoms. The van der Waals surface area contributed by atoms with Crippen molar-refractivity contribution in [2.24, 2.45) is 0 Å². The molecule has 0 amide bonds. The number of fused-ring (bicyclic) bond motifs is 1. The third-order valence-electron chi connectivity index (χ3n) is 4.20. The summed E-state index contributed by atoms with van der Waals surface area (Å²) in [5.41, 5.74) is 3.54. The van der Waals surface area contributed by atoms with Crippen molar-refractivity contribution < 1.29 is 4.39 Å². The Bertz CT molecular complexity index is 1250. The third kappa shape index (κ3) is 3.10. The van der Waals surface area contributed by atoms with Crippen molar-refractivity contribution >= 4 is 28.1 Å². The van der Waals surface area contributed by atoms with E-state index in [1.807, 2.05) is 41.8 Å². The van der Waals surface area contributed by atoms with Crippen LogP contribution in [0.25, 0.3) is 27.5 Å². The highest BCUT2D eigenvalue weighted by atomic mass is 32.1. The Morgan fingerprint density at radius 3 is 2.57 bits per heavy atom. The molecule has 0 unspecified atom stereocenters. The normalized spacial score (nSPS) is 11.0. The molecule has 8 heteroatoms. The molecule has 6 nitrogen and oxygen atoms in total. The summed E-state index contributed by atoms with van der Waals surface area (Å²) in [6, 6.07) is 18.0. The molecular formula is C20H13FN6S. The molecule has 0 atom stereocenters. The van der Waals surface area contributed by atoms with Crippen LogP contribution >= 0.6 is 11.3 Å². The lowest BCUT2D eigenvalue weighted by Crippen LogP contribution is -1.98. The smallest absolute Gasteiger partial charge is 0.249 e. The summed E-state index contributed by atoms with van der Waals surface area (Å²) in [6.07, 6.45) is 1.51. The van der Waals surface area contributed by atoms with E-state index in [0.29, 0.717) is 11.8 Å². The van der Waals surface area contributed by atoms with Crippen LogP contribution in [0.15, 0.2) is 72.4 Å². The Morgan fingerprint density at radius 2 is 1.75 bits per heavy atom. The number of aromatic nitrogens is 5. The van der Waals surface area contributed by atoms with Gasteiger partial charge in [0.1, 0.15) is 18.0 Å². The number of thiazole rings is 1. The average molecular weight is 388 g/mol. The molecule has 0 spiro atoms. The predicted molar refractivity (Wildman–Crippen MR) is 107 cm³/mol. The summed E-state index contributed by atoms with van der Waals surface area (Å²) in [5, 5.41) is 9.60. The van der Waals surface area contributed by atoms with Gasteiger partial charge in [-0.15, -0.1) is 16.4 Å². The number of anilines is 2. The molecule has 5 aromatic rings. The van der Waals surface area contributed by atoms with Crippen LogP contribution in [-0.4, -0.2) is 24.6 Å². The van der Waals surface area contributed by atoms with E-state index in [2.05, 4.69) is 25.4 Å². The summed E-state index contributed by atoms with van der Waals surface area (Å²) in [4.78, 5) is 13.8. The molecular weight excluding hydrogens is 375 g/mol. The largest absolute Gasteiger partial charge is 0.307 e. The molecule has 2 aromatic carbocycles. The Hall–Kier alpha value is -3.65. The number of rotatable bonds is 4. The van der Waals surface area contributed by atoms with Crippen LogP contribution < -0.4 is 5.32 Å². The molecule has 0 saturated heterocycles. The van der Waals surface area contributed by atoms with Crippen LogP contribution in [0.1, 0.15) is 0 Å². The van der Waals surface area contributed by atoms with Crippen molar-refractivity contribution in [3.05, 3.63) is 78.2 Å². The van der Waals surface area contributed by atoms with Gasteiger partial charge in [-0.25, -0.2) is 18.9 Å². The summed E-state index contributed by atoms with van der Waals surface area (Å²) in [6.45, 7) is 0. The van der Waals surface area contributed by atoms with E-state index in [9.17, 15) is 4.39 Å². The SMILES string of the molecule is Fc1ccc(-c2csc3nc(Nc4cc(-c5ccccc5)ncn4)nn23)cc1. The van der Waals surface area contributed by atoms with Crippen LogP contribution in [-0.2, 0) is 0 Å². The van der Waals surface area contributed by atoms with Crippen molar-refractivity contribution in [1.29, 1.82) is 0 Å². The molecule has 0 aliphatic carbocycles. The Morgan fingerprint density at radius 1 is 0.929 bits per heavy atom. The van der Waals surface area contributed by atoms with E-state index in [-0.39, 0.29) is 5.82 Å². The first-order valence-electron chi connectivity index (χ1n) is 8.51. The van der Waals surface area contributed by atoms with Gasteiger partial charge < -0.3 is 5.32 Å². The third-order valence-corrected chi connectivity index (χ3v) is 5.01. The number of nitrogens with zero attached hydrogens (tertiary/aromatic N) is 5. The second kappa shape index (κ2) is 6.82. The molecule has 0 aliphatic rings. The van der Waals surface area contributed by atoms with Crippen molar-refractivity contribution in [3.8, 4) is 22.5 Å². The fourth-order valence-corrected chi connectivity index (χ4v) is 3.69. The average Bonchev–Trinajstić information content (AvgIpc) is 3.30. The molecule has 0 saturated carbocycles. The number of hydrogen-bond donors (Lipinski definition) is 1. The first-order chi connectivity index (χ1) is 13.8. The second-order valence-corrected chi connectivity index (χ2v) is 6.87. The zero-order valence-corrected chi connectivity index (χ0v) is 15.3. The van der Waals surface area contributed by atoms with Gasteiger partial charge in [-0.05, 0) is 24.3 Å². The maximum absolute atomic E-state index is 13.2. The van der Waals surface area contributed by atoms with Gasteiger partial charge in [0.15, 0.2) is 0 Å². The van der Waals surface area contributed by atoms with Gasteiger partial charge in [-0.2, -0.15) is 4.98 Å². The fraction of sp³-hybridized carbons (Fsp3) is 0. The standard InChI is InChI=1S/C20H13FN6S/c21-15-8-6-14(7-9-15)17-11-28-20-25-19(26-27(17)20)24-18-10-16(22-12-23-18)13-4-2-1-3-5-13/h1-12H,(H,22,23,24,26). The van der Waals surface area contributed by atoms with Crippen molar-refractivity contribution in [1.82, 2.24) is 24.6 Å². The quantitative estimate of drug-likeness (QED) is 0.479. The van der Waals surface area contributed by atoms with Gasteiger partial charge in [0.05, 0.1) is 11.4 Å². The molecule has 136 valence electrons. The minimum atomic E-state index is -0.269. The highest BCUT2D eigenvalue weighted by Gasteiger charge is 2.12. The molecule has 0 bridgehead atoms. The van der Waals surface area contributed by atoms with Crippen LogP contribution in [0, 0.1) is 5.82 Å². The summed E-state index contributed by atoms with van der Waals surface area (Å²) in [7, 11) is 0. The lowest BCUT2D eigenvalue weighted by molar-refractivity contribution is 0.628. The van der Waals surface area contributed by atoms with Crippen molar-refractivity contribution in [2.75, 3.05) is 5.32 Å².